The van der Waals surface area contributed by atoms with E-state index in [0.29, 0.717) is 12.8 Å². The van der Waals surface area contributed by atoms with Crippen LogP contribution in [0.15, 0.2) is 53.4 Å². The molecule has 1 aliphatic heterocycles. The highest BCUT2D eigenvalue weighted by Gasteiger charge is 2.33. The van der Waals surface area contributed by atoms with E-state index in [2.05, 4.69) is 50.4 Å². The van der Waals surface area contributed by atoms with Crippen LogP contribution in [-0.4, -0.2) is 31.7 Å². The van der Waals surface area contributed by atoms with E-state index in [1.807, 2.05) is 0 Å². The molecule has 5 nitrogen and oxygen atoms in total. The van der Waals surface area contributed by atoms with Gasteiger partial charge in [0, 0.05) is 19.0 Å². The number of carbonyl (C=O) groups is 1. The number of hydrogen-bond acceptors (Lipinski definition) is 3. The van der Waals surface area contributed by atoms with Crippen LogP contribution in [-0.2, 0) is 21.2 Å². The number of hydrogen-bond donors (Lipinski definition) is 1. The number of carbonyl (C=O) groups excluding carboxylic acids is 1. The van der Waals surface area contributed by atoms with Crippen molar-refractivity contribution in [3.63, 3.8) is 0 Å². The maximum absolute atomic E-state index is 13.1. The van der Waals surface area contributed by atoms with Crippen LogP contribution in [0.2, 0.25) is 0 Å². The Labute approximate surface area is 184 Å². The number of rotatable bonds is 7. The summed E-state index contributed by atoms with van der Waals surface area (Å²) in [6.07, 6.45) is 1.90. The predicted octanol–water partition coefficient (Wildman–Crippen LogP) is 4.30. The van der Waals surface area contributed by atoms with Crippen molar-refractivity contribution in [1.29, 1.82) is 0 Å². The minimum absolute atomic E-state index is 0.0305. The zero-order chi connectivity index (χ0) is 22.6. The number of nitrogens with one attached hydrogen (secondary N) is 1. The summed E-state index contributed by atoms with van der Waals surface area (Å²) in [4.78, 5) is 13.0. The zero-order valence-corrected chi connectivity index (χ0v) is 19.2. The number of nitrogens with zero attached hydrogens (tertiary/aromatic N) is 1. The van der Waals surface area contributed by atoms with Gasteiger partial charge in [-0.1, -0.05) is 45.0 Å². The molecule has 0 radical (unpaired) electrons. The Bertz CT molecular complexity index is 980. The molecule has 1 aliphatic rings. The van der Waals surface area contributed by atoms with Gasteiger partial charge in [0.1, 0.15) is 5.82 Å². The van der Waals surface area contributed by atoms with Gasteiger partial charge in [-0.25, -0.2) is 12.8 Å². The Morgan fingerprint density at radius 1 is 1.06 bits per heavy atom. The van der Waals surface area contributed by atoms with Crippen LogP contribution in [0.25, 0.3) is 0 Å². The quantitative estimate of drug-likeness (QED) is 0.690. The fourth-order valence-corrected chi connectivity index (χ4v) is 5.45. The van der Waals surface area contributed by atoms with Crippen molar-refractivity contribution in [1.82, 2.24) is 9.62 Å². The molecular formula is C24H31FN2O3S. The van der Waals surface area contributed by atoms with Crippen molar-refractivity contribution < 1.29 is 17.6 Å². The molecule has 2 aromatic rings. The third-order valence-electron chi connectivity index (χ3n) is 5.99. The van der Waals surface area contributed by atoms with Crippen molar-refractivity contribution in [3.8, 4) is 0 Å². The molecular weight excluding hydrogens is 415 g/mol. The number of piperidine rings is 1. The Morgan fingerprint density at radius 2 is 1.65 bits per heavy atom. The topological polar surface area (TPSA) is 66.5 Å². The summed E-state index contributed by atoms with van der Waals surface area (Å²) in [7, 11) is -3.68. The molecule has 1 unspecified atom stereocenters. The molecule has 3 rings (SSSR count). The van der Waals surface area contributed by atoms with E-state index in [4.69, 9.17) is 0 Å². The number of halogens is 1. The lowest BCUT2D eigenvalue weighted by molar-refractivity contribution is -0.127. The molecule has 0 aliphatic carbocycles. The first-order chi connectivity index (χ1) is 14.7. The van der Waals surface area contributed by atoms with Crippen molar-refractivity contribution in [2.24, 2.45) is 11.8 Å². The highest BCUT2D eigenvalue weighted by atomic mass is 32.2. The summed E-state index contributed by atoms with van der Waals surface area (Å²) in [6.45, 7) is 6.82. The monoisotopic (exact) mass is 446 g/mol. The summed E-state index contributed by atoms with van der Waals surface area (Å²) >= 11 is 0. The van der Waals surface area contributed by atoms with E-state index >= 15 is 0 Å². The molecule has 0 saturated carbocycles. The second kappa shape index (κ2) is 9.92. The predicted molar refractivity (Wildman–Crippen MR) is 119 cm³/mol. The number of aryl methyl sites for hydroxylation is 1. The summed E-state index contributed by atoms with van der Waals surface area (Å²) in [5, 5.41) is 3.18. The van der Waals surface area contributed by atoms with Crippen LogP contribution in [0.4, 0.5) is 4.39 Å². The average molecular weight is 447 g/mol. The number of amides is 1. The Balaban J connectivity index is 1.62. The third kappa shape index (κ3) is 5.52. The smallest absolute Gasteiger partial charge is 0.243 e. The van der Waals surface area contributed by atoms with E-state index in [1.165, 1.54) is 22.0 Å². The molecule has 1 saturated heterocycles. The SMILES string of the molecule is CCc1ccc(C(NC(=O)C2CCN(S(=O)(=O)c3ccc(F)cc3)CC2)C(C)C)cc1. The highest BCUT2D eigenvalue weighted by Crippen LogP contribution is 2.27. The second-order valence-corrected chi connectivity index (χ2v) is 10.4. The van der Waals surface area contributed by atoms with Gasteiger partial charge in [0.05, 0.1) is 10.9 Å². The Hall–Kier alpha value is -2.25. The molecule has 0 aromatic heterocycles. The molecule has 7 heteroatoms. The van der Waals surface area contributed by atoms with Crippen molar-refractivity contribution in [2.45, 2.75) is 51.0 Å². The molecule has 1 fully saturated rings. The lowest BCUT2D eigenvalue weighted by Gasteiger charge is -2.32. The molecule has 1 atom stereocenters. The standard InChI is InChI=1S/C24H31FN2O3S/c1-4-18-5-7-19(8-6-18)23(17(2)3)26-24(28)20-13-15-27(16-14-20)31(29,30)22-11-9-21(25)10-12-22/h5-12,17,20,23H,4,13-16H2,1-3H3,(H,26,28). The van der Waals surface area contributed by atoms with E-state index in [0.717, 1.165) is 24.1 Å². The van der Waals surface area contributed by atoms with Gasteiger partial charge in [0.2, 0.25) is 15.9 Å². The number of sulfonamides is 1. The van der Waals surface area contributed by atoms with E-state index in [1.54, 1.807) is 0 Å². The van der Waals surface area contributed by atoms with E-state index < -0.39 is 15.8 Å². The summed E-state index contributed by atoms with van der Waals surface area (Å²) in [6, 6.07) is 13.1. The fourth-order valence-electron chi connectivity index (χ4n) is 3.98. The third-order valence-corrected chi connectivity index (χ3v) is 7.90. The van der Waals surface area contributed by atoms with Gasteiger partial charge in [0.25, 0.3) is 0 Å². The number of benzene rings is 2. The molecule has 0 bridgehead atoms. The molecule has 1 heterocycles. The van der Waals surface area contributed by atoms with E-state index in [9.17, 15) is 17.6 Å². The summed E-state index contributed by atoms with van der Waals surface area (Å²) in [5.74, 6) is -0.498. The summed E-state index contributed by atoms with van der Waals surface area (Å²) in [5.41, 5.74) is 2.34. The molecule has 0 spiro atoms. The van der Waals surface area contributed by atoms with Gasteiger partial charge >= 0.3 is 0 Å². The molecule has 2 aromatic carbocycles. The van der Waals surface area contributed by atoms with Crippen LogP contribution in [0.3, 0.4) is 0 Å². The van der Waals surface area contributed by atoms with Gasteiger partial charge < -0.3 is 5.32 Å². The molecule has 31 heavy (non-hydrogen) atoms. The first-order valence-electron chi connectivity index (χ1n) is 10.9. The van der Waals surface area contributed by atoms with Gasteiger partial charge in [0.15, 0.2) is 0 Å². The molecule has 168 valence electrons. The molecule has 1 N–H and O–H groups in total. The normalized spacial score (nSPS) is 16.9. The van der Waals surface area contributed by atoms with Crippen LogP contribution < -0.4 is 5.32 Å². The average Bonchev–Trinajstić information content (AvgIpc) is 2.77. The fraction of sp³-hybridized carbons (Fsp3) is 0.458. The van der Waals surface area contributed by atoms with Crippen molar-refractivity contribution in [3.05, 3.63) is 65.5 Å². The summed E-state index contributed by atoms with van der Waals surface area (Å²) < 4.78 is 40.1. The van der Waals surface area contributed by atoms with Crippen molar-refractivity contribution >= 4 is 15.9 Å². The van der Waals surface area contributed by atoms with E-state index in [-0.39, 0.29) is 41.8 Å². The Kier molecular flexibility index (Phi) is 7.49. The molecule has 1 amide bonds. The van der Waals surface area contributed by atoms with Crippen LogP contribution in [0, 0.1) is 17.7 Å². The van der Waals surface area contributed by atoms with Crippen LogP contribution in [0.1, 0.15) is 50.8 Å². The van der Waals surface area contributed by atoms with Crippen LogP contribution >= 0.6 is 0 Å². The van der Waals surface area contributed by atoms with Gasteiger partial charge in [-0.2, -0.15) is 4.31 Å². The van der Waals surface area contributed by atoms with Gasteiger partial charge in [-0.05, 0) is 60.6 Å². The largest absolute Gasteiger partial charge is 0.349 e. The van der Waals surface area contributed by atoms with Crippen LogP contribution in [0.5, 0.6) is 0 Å². The second-order valence-electron chi connectivity index (χ2n) is 8.46. The van der Waals surface area contributed by atoms with Gasteiger partial charge in [-0.3, -0.25) is 4.79 Å². The first kappa shape index (κ1) is 23.4. The minimum atomic E-state index is -3.68. The highest BCUT2D eigenvalue weighted by molar-refractivity contribution is 7.89. The maximum atomic E-state index is 13.1. The zero-order valence-electron chi connectivity index (χ0n) is 18.3. The van der Waals surface area contributed by atoms with Crippen molar-refractivity contribution in [2.75, 3.05) is 13.1 Å². The van der Waals surface area contributed by atoms with Gasteiger partial charge in [-0.15, -0.1) is 0 Å². The maximum Gasteiger partial charge on any atom is 0.243 e. The lowest BCUT2D eigenvalue weighted by atomic mass is 9.92. The lowest BCUT2D eigenvalue weighted by Crippen LogP contribution is -2.44. The Morgan fingerprint density at radius 3 is 2.16 bits per heavy atom. The minimum Gasteiger partial charge on any atom is -0.349 e. The first-order valence-corrected chi connectivity index (χ1v) is 12.3.